The number of nitrogens with zero attached hydrogens (tertiary/aromatic N) is 2. The van der Waals surface area contributed by atoms with E-state index in [-0.39, 0.29) is 29.2 Å². The highest BCUT2D eigenvalue weighted by Crippen LogP contribution is 2.40. The van der Waals surface area contributed by atoms with Crippen LogP contribution in [0.2, 0.25) is 0 Å². The zero-order valence-corrected chi connectivity index (χ0v) is 17.1. The molecule has 1 N–H and O–H groups in total. The summed E-state index contributed by atoms with van der Waals surface area (Å²) in [6.07, 6.45) is 6.06. The van der Waals surface area contributed by atoms with Crippen LogP contribution in [-0.2, 0) is 14.8 Å². The third kappa shape index (κ3) is 3.72. The first-order valence-electron chi connectivity index (χ1n) is 10.5. The Labute approximate surface area is 167 Å². The maximum atomic E-state index is 13.2. The zero-order valence-electron chi connectivity index (χ0n) is 16.3. The number of amides is 1. The van der Waals surface area contributed by atoms with Gasteiger partial charge in [0.15, 0.2) is 0 Å². The van der Waals surface area contributed by atoms with Crippen molar-refractivity contribution in [1.29, 1.82) is 0 Å². The van der Waals surface area contributed by atoms with Crippen molar-refractivity contribution < 1.29 is 18.3 Å². The van der Waals surface area contributed by atoms with Gasteiger partial charge in [0.05, 0.1) is 16.4 Å². The lowest BCUT2D eigenvalue weighted by Crippen LogP contribution is -2.56. The molecule has 1 aromatic rings. The van der Waals surface area contributed by atoms with Gasteiger partial charge in [-0.1, -0.05) is 31.0 Å². The minimum absolute atomic E-state index is 0.0561. The second-order valence-electron chi connectivity index (χ2n) is 8.60. The molecule has 2 aliphatic heterocycles. The second kappa shape index (κ2) is 7.76. The minimum Gasteiger partial charge on any atom is -0.389 e. The van der Waals surface area contributed by atoms with E-state index < -0.39 is 15.6 Å². The van der Waals surface area contributed by atoms with Crippen LogP contribution in [0.25, 0.3) is 0 Å². The number of likely N-dealkylation sites (tertiary alicyclic amines) is 1. The molecule has 0 aromatic heterocycles. The van der Waals surface area contributed by atoms with Crippen molar-refractivity contribution in [3.63, 3.8) is 0 Å². The molecule has 154 valence electrons. The standard InChI is InChI=1S/C21H30N2O4S/c24-20(22-14-12-21(25)11-5-4-8-18(21)16-22)17-7-6-13-23(15-17)28(26,27)19-9-2-1-3-10-19/h1-3,9-10,17-18,25H,4-8,11-16H2. The molecule has 6 nitrogen and oxygen atoms in total. The van der Waals surface area contributed by atoms with E-state index in [1.165, 1.54) is 4.31 Å². The normalized spacial score (nSPS) is 32.0. The van der Waals surface area contributed by atoms with Crippen LogP contribution in [0.15, 0.2) is 35.2 Å². The van der Waals surface area contributed by atoms with Gasteiger partial charge in [0, 0.05) is 32.1 Å². The number of hydrogen-bond acceptors (Lipinski definition) is 4. The fourth-order valence-corrected chi connectivity index (χ4v) is 6.68. The van der Waals surface area contributed by atoms with Gasteiger partial charge in [-0.15, -0.1) is 0 Å². The number of aliphatic hydroxyl groups is 1. The Kier molecular flexibility index (Phi) is 5.51. The molecule has 3 fully saturated rings. The van der Waals surface area contributed by atoms with E-state index in [2.05, 4.69) is 0 Å². The summed E-state index contributed by atoms with van der Waals surface area (Å²) < 4.78 is 27.3. The van der Waals surface area contributed by atoms with Crippen LogP contribution in [0.4, 0.5) is 0 Å². The molecule has 1 saturated carbocycles. The highest BCUT2D eigenvalue weighted by molar-refractivity contribution is 7.89. The smallest absolute Gasteiger partial charge is 0.243 e. The van der Waals surface area contributed by atoms with Gasteiger partial charge >= 0.3 is 0 Å². The molecule has 2 heterocycles. The number of carbonyl (C=O) groups is 1. The van der Waals surface area contributed by atoms with Crippen molar-refractivity contribution in [2.24, 2.45) is 11.8 Å². The average molecular weight is 407 g/mol. The molecule has 3 atom stereocenters. The van der Waals surface area contributed by atoms with Crippen molar-refractivity contribution in [3.05, 3.63) is 30.3 Å². The Bertz CT molecular complexity index is 813. The molecule has 3 unspecified atom stereocenters. The predicted molar refractivity (Wildman–Crippen MR) is 106 cm³/mol. The van der Waals surface area contributed by atoms with Gasteiger partial charge in [-0.25, -0.2) is 8.42 Å². The van der Waals surface area contributed by atoms with E-state index in [4.69, 9.17) is 0 Å². The van der Waals surface area contributed by atoms with Crippen molar-refractivity contribution >= 4 is 15.9 Å². The fraction of sp³-hybridized carbons (Fsp3) is 0.667. The van der Waals surface area contributed by atoms with Crippen LogP contribution in [0.3, 0.4) is 0 Å². The van der Waals surface area contributed by atoms with Crippen LogP contribution in [-0.4, -0.2) is 60.4 Å². The SMILES string of the molecule is O=C(C1CCCN(S(=O)(=O)c2ccccc2)C1)N1CCC2(O)CCCCC2C1. The van der Waals surface area contributed by atoms with E-state index >= 15 is 0 Å². The summed E-state index contributed by atoms with van der Waals surface area (Å²) >= 11 is 0. The van der Waals surface area contributed by atoms with Gasteiger partial charge in [-0.05, 0) is 44.2 Å². The van der Waals surface area contributed by atoms with Gasteiger partial charge in [0.2, 0.25) is 15.9 Å². The number of rotatable bonds is 3. The molecule has 1 amide bonds. The van der Waals surface area contributed by atoms with E-state index in [1.54, 1.807) is 30.3 Å². The highest BCUT2D eigenvalue weighted by atomic mass is 32.2. The summed E-state index contributed by atoms with van der Waals surface area (Å²) in [6.45, 7) is 1.90. The van der Waals surface area contributed by atoms with E-state index in [1.807, 2.05) is 4.90 Å². The van der Waals surface area contributed by atoms with E-state index in [9.17, 15) is 18.3 Å². The van der Waals surface area contributed by atoms with E-state index in [0.717, 1.165) is 32.1 Å². The number of hydrogen-bond donors (Lipinski definition) is 1. The number of fused-ring (bicyclic) bond motifs is 1. The molecule has 4 rings (SSSR count). The fourth-order valence-electron chi connectivity index (χ4n) is 5.13. The molecule has 0 radical (unpaired) electrons. The summed E-state index contributed by atoms with van der Waals surface area (Å²) in [4.78, 5) is 15.3. The van der Waals surface area contributed by atoms with Gasteiger partial charge < -0.3 is 10.0 Å². The van der Waals surface area contributed by atoms with Crippen molar-refractivity contribution in [1.82, 2.24) is 9.21 Å². The summed E-state index contributed by atoms with van der Waals surface area (Å²) in [5.74, 6) is -0.0747. The lowest BCUT2D eigenvalue weighted by Gasteiger charge is -2.48. The highest BCUT2D eigenvalue weighted by Gasteiger charge is 2.45. The maximum absolute atomic E-state index is 13.2. The van der Waals surface area contributed by atoms with Crippen molar-refractivity contribution in [3.8, 4) is 0 Å². The van der Waals surface area contributed by atoms with Gasteiger partial charge in [0.25, 0.3) is 0 Å². The zero-order chi connectivity index (χ0) is 19.8. The van der Waals surface area contributed by atoms with Crippen LogP contribution >= 0.6 is 0 Å². The van der Waals surface area contributed by atoms with Gasteiger partial charge in [-0.3, -0.25) is 4.79 Å². The molecule has 0 spiro atoms. The van der Waals surface area contributed by atoms with Gasteiger partial charge in [-0.2, -0.15) is 4.31 Å². The summed E-state index contributed by atoms with van der Waals surface area (Å²) in [7, 11) is -3.57. The Morgan fingerprint density at radius 2 is 1.79 bits per heavy atom. The first-order chi connectivity index (χ1) is 13.4. The van der Waals surface area contributed by atoms with Crippen LogP contribution < -0.4 is 0 Å². The summed E-state index contributed by atoms with van der Waals surface area (Å²) in [5, 5.41) is 10.9. The van der Waals surface area contributed by atoms with Crippen LogP contribution in [0.1, 0.15) is 44.9 Å². The number of carbonyl (C=O) groups excluding carboxylic acids is 1. The molecule has 1 aliphatic carbocycles. The minimum atomic E-state index is -3.57. The lowest BCUT2D eigenvalue weighted by atomic mass is 9.71. The lowest BCUT2D eigenvalue weighted by molar-refractivity contribution is -0.148. The molecular formula is C21H30N2O4S. The molecule has 2 saturated heterocycles. The average Bonchev–Trinajstić information content (AvgIpc) is 2.73. The quantitative estimate of drug-likeness (QED) is 0.835. The first-order valence-corrected chi connectivity index (χ1v) is 11.9. The second-order valence-corrected chi connectivity index (χ2v) is 10.5. The third-order valence-electron chi connectivity index (χ3n) is 6.85. The summed E-state index contributed by atoms with van der Waals surface area (Å²) in [5.41, 5.74) is -0.607. The molecule has 7 heteroatoms. The molecule has 28 heavy (non-hydrogen) atoms. The van der Waals surface area contributed by atoms with Gasteiger partial charge in [0.1, 0.15) is 0 Å². The molecule has 0 bridgehead atoms. The van der Waals surface area contributed by atoms with Crippen molar-refractivity contribution in [2.45, 2.75) is 55.4 Å². The van der Waals surface area contributed by atoms with Crippen LogP contribution in [0.5, 0.6) is 0 Å². The third-order valence-corrected chi connectivity index (χ3v) is 8.73. The monoisotopic (exact) mass is 406 g/mol. The number of sulfonamides is 1. The molecule has 1 aromatic carbocycles. The van der Waals surface area contributed by atoms with Crippen molar-refractivity contribution in [2.75, 3.05) is 26.2 Å². The predicted octanol–water partition coefficient (Wildman–Crippen LogP) is 2.24. The Morgan fingerprint density at radius 3 is 2.57 bits per heavy atom. The first kappa shape index (κ1) is 19.9. The topological polar surface area (TPSA) is 77.9 Å². The van der Waals surface area contributed by atoms with E-state index in [0.29, 0.717) is 32.5 Å². The Balaban J connectivity index is 1.44. The summed E-state index contributed by atoms with van der Waals surface area (Å²) in [6, 6.07) is 8.45. The van der Waals surface area contributed by atoms with Crippen LogP contribution in [0, 0.1) is 11.8 Å². The Morgan fingerprint density at radius 1 is 1.00 bits per heavy atom. The Hall–Kier alpha value is -1.44. The maximum Gasteiger partial charge on any atom is 0.243 e. The molecule has 3 aliphatic rings. The number of piperidine rings is 2. The molecular weight excluding hydrogens is 376 g/mol. The largest absolute Gasteiger partial charge is 0.389 e. The number of benzene rings is 1.